The smallest absolute Gasteiger partial charge is 0.246 e. The minimum atomic E-state index is -1.02. The lowest BCUT2D eigenvalue weighted by molar-refractivity contribution is -0.180. The first-order valence-corrected chi connectivity index (χ1v) is 8.18. The van der Waals surface area contributed by atoms with Crippen molar-refractivity contribution in [3.8, 4) is 0 Å². The fourth-order valence-electron chi connectivity index (χ4n) is 2.05. The fourth-order valence-corrected chi connectivity index (χ4v) is 2.37. The third kappa shape index (κ3) is 6.01. The maximum absolute atomic E-state index is 12.1. The van der Waals surface area contributed by atoms with Crippen LogP contribution in [0.5, 0.6) is 0 Å². The van der Waals surface area contributed by atoms with Crippen molar-refractivity contribution in [3.63, 3.8) is 0 Å². The van der Waals surface area contributed by atoms with Gasteiger partial charge in [-0.3, -0.25) is 14.8 Å². The average Bonchev–Trinajstić information content (AvgIpc) is 2.52. The Morgan fingerprint density at radius 3 is 2.43 bits per heavy atom. The summed E-state index contributed by atoms with van der Waals surface area (Å²) in [5.74, 6) is -0.593. The molecule has 5 nitrogen and oxygen atoms in total. The fraction of sp³-hybridized carbons (Fsp3) is 0.500. The highest BCUT2D eigenvalue weighted by molar-refractivity contribution is 6.42. The van der Waals surface area contributed by atoms with Gasteiger partial charge in [-0.25, -0.2) is 5.06 Å². The summed E-state index contributed by atoms with van der Waals surface area (Å²) in [5.41, 5.74) is 0.698. The van der Waals surface area contributed by atoms with Crippen LogP contribution in [-0.4, -0.2) is 35.2 Å². The second-order valence-corrected chi connectivity index (χ2v) is 6.57. The molecular formula is C16H22Cl2N2O3. The number of carbonyl (C=O) groups excluding carboxylic acids is 2. The van der Waals surface area contributed by atoms with Gasteiger partial charge in [0.15, 0.2) is 0 Å². The molecule has 1 aromatic carbocycles. The van der Waals surface area contributed by atoms with Gasteiger partial charge < -0.3 is 5.32 Å². The van der Waals surface area contributed by atoms with E-state index in [1.807, 2.05) is 13.8 Å². The molecule has 0 aliphatic rings. The molecule has 0 aliphatic carbocycles. The Morgan fingerprint density at radius 2 is 1.91 bits per heavy atom. The zero-order valence-electron chi connectivity index (χ0n) is 13.5. The van der Waals surface area contributed by atoms with Crippen molar-refractivity contribution < 1.29 is 14.8 Å². The Bertz CT molecular complexity index is 564. The molecule has 23 heavy (non-hydrogen) atoms. The van der Waals surface area contributed by atoms with Gasteiger partial charge in [-0.15, -0.1) is 0 Å². The summed E-state index contributed by atoms with van der Waals surface area (Å²) in [6.07, 6.45) is 0.965. The summed E-state index contributed by atoms with van der Waals surface area (Å²) >= 11 is 11.8. The van der Waals surface area contributed by atoms with Crippen LogP contribution in [-0.2, 0) is 16.0 Å². The summed E-state index contributed by atoms with van der Waals surface area (Å²) in [7, 11) is 1.45. The number of nitrogens with zero attached hydrogens (tertiary/aromatic N) is 1. The highest BCUT2D eigenvalue weighted by Gasteiger charge is 2.28. The summed E-state index contributed by atoms with van der Waals surface area (Å²) in [6, 6.07) is 3.92. The summed E-state index contributed by atoms with van der Waals surface area (Å²) in [5, 5.41) is 13.9. The Kier molecular flexibility index (Phi) is 7.82. The van der Waals surface area contributed by atoms with Gasteiger partial charge in [-0.05, 0) is 30.0 Å². The molecule has 2 N–H and O–H groups in total. The highest BCUT2D eigenvalue weighted by Crippen LogP contribution is 2.24. The molecule has 2 amide bonds. The maximum atomic E-state index is 12.1. The van der Waals surface area contributed by atoms with Crippen LogP contribution in [0.4, 0.5) is 0 Å². The largest absolute Gasteiger partial charge is 0.357 e. The molecule has 1 aromatic rings. The predicted octanol–water partition coefficient (Wildman–Crippen LogP) is 3.30. The first kappa shape index (κ1) is 19.7. The molecular weight excluding hydrogens is 339 g/mol. The third-order valence-corrected chi connectivity index (χ3v) is 4.19. The number of halogens is 2. The summed E-state index contributed by atoms with van der Waals surface area (Å²) in [4.78, 5) is 24.1. The highest BCUT2D eigenvalue weighted by atomic mass is 35.5. The lowest BCUT2D eigenvalue weighted by atomic mass is 10.0. The quantitative estimate of drug-likeness (QED) is 0.578. The van der Waals surface area contributed by atoms with Gasteiger partial charge in [0, 0.05) is 19.9 Å². The zero-order chi connectivity index (χ0) is 17.6. The van der Waals surface area contributed by atoms with Crippen molar-refractivity contribution in [2.45, 2.75) is 39.2 Å². The molecule has 0 unspecified atom stereocenters. The first-order valence-electron chi connectivity index (χ1n) is 7.42. The number of hydrogen-bond donors (Lipinski definition) is 2. The monoisotopic (exact) mass is 360 g/mol. The van der Waals surface area contributed by atoms with Gasteiger partial charge in [0.25, 0.3) is 0 Å². The molecule has 0 spiro atoms. The van der Waals surface area contributed by atoms with Gasteiger partial charge in [0.05, 0.1) is 10.0 Å². The van der Waals surface area contributed by atoms with Crippen LogP contribution < -0.4 is 5.32 Å². The number of benzene rings is 1. The Balaban J connectivity index is 2.88. The van der Waals surface area contributed by atoms with Gasteiger partial charge in [-0.2, -0.15) is 0 Å². The van der Waals surface area contributed by atoms with E-state index in [0.717, 1.165) is 0 Å². The molecule has 0 saturated heterocycles. The number of nitrogens with one attached hydrogen (secondary N) is 1. The van der Waals surface area contributed by atoms with Gasteiger partial charge in [0.2, 0.25) is 11.8 Å². The second kappa shape index (κ2) is 9.11. The van der Waals surface area contributed by atoms with Crippen molar-refractivity contribution in [2.75, 3.05) is 7.05 Å². The number of carbonyl (C=O) groups is 2. The van der Waals surface area contributed by atoms with Crippen molar-refractivity contribution in [1.82, 2.24) is 10.4 Å². The van der Waals surface area contributed by atoms with Crippen LogP contribution in [0.2, 0.25) is 10.0 Å². The second-order valence-electron chi connectivity index (χ2n) is 5.75. The molecule has 1 rings (SSSR count). The summed E-state index contributed by atoms with van der Waals surface area (Å²) < 4.78 is 0. The average molecular weight is 361 g/mol. The number of amides is 2. The van der Waals surface area contributed by atoms with Crippen molar-refractivity contribution in [1.29, 1.82) is 0 Å². The van der Waals surface area contributed by atoms with Crippen LogP contribution in [0, 0.1) is 5.92 Å². The molecule has 0 aliphatic heterocycles. The van der Waals surface area contributed by atoms with Crippen LogP contribution in [0.15, 0.2) is 18.2 Å². The van der Waals surface area contributed by atoms with Crippen LogP contribution >= 0.6 is 23.2 Å². The van der Waals surface area contributed by atoms with Gasteiger partial charge >= 0.3 is 0 Å². The zero-order valence-corrected chi connectivity index (χ0v) is 15.0. The third-order valence-electron chi connectivity index (χ3n) is 3.45. The van der Waals surface area contributed by atoms with E-state index in [9.17, 15) is 14.8 Å². The van der Waals surface area contributed by atoms with E-state index in [0.29, 0.717) is 33.0 Å². The Morgan fingerprint density at radius 1 is 1.26 bits per heavy atom. The predicted molar refractivity (Wildman–Crippen MR) is 90.7 cm³/mol. The molecule has 7 heteroatoms. The van der Waals surface area contributed by atoms with Crippen molar-refractivity contribution in [2.24, 2.45) is 5.92 Å². The van der Waals surface area contributed by atoms with E-state index in [2.05, 4.69) is 5.32 Å². The molecule has 0 heterocycles. The summed E-state index contributed by atoms with van der Waals surface area (Å²) in [6.45, 7) is 3.97. The molecule has 0 saturated carbocycles. The standard InChI is InChI=1S/C16H22Cl2N2O3/c1-10(2)4-7-15(21)20(23)14(16(22)19-3)9-11-5-6-12(17)13(18)8-11/h5-6,8,10,14,23H,4,7,9H2,1-3H3,(H,19,22)/t14-/m0/s1. The lowest BCUT2D eigenvalue weighted by Gasteiger charge is -2.25. The molecule has 0 radical (unpaired) electrons. The van der Waals surface area contributed by atoms with E-state index < -0.39 is 17.9 Å². The first-order chi connectivity index (χ1) is 10.8. The minimum Gasteiger partial charge on any atom is -0.357 e. The number of hydroxylamine groups is 2. The van der Waals surface area contributed by atoms with Gasteiger partial charge in [-0.1, -0.05) is 43.1 Å². The SMILES string of the molecule is CNC(=O)[C@H](Cc1ccc(Cl)c(Cl)c1)N(O)C(=O)CCC(C)C. The Labute approximate surface area is 146 Å². The topological polar surface area (TPSA) is 69.6 Å². The van der Waals surface area contributed by atoms with Crippen molar-refractivity contribution in [3.05, 3.63) is 33.8 Å². The normalized spacial score (nSPS) is 12.1. The minimum absolute atomic E-state index is 0.139. The maximum Gasteiger partial charge on any atom is 0.246 e. The molecule has 0 bridgehead atoms. The molecule has 0 aromatic heterocycles. The van der Waals surface area contributed by atoms with Crippen LogP contribution in [0.25, 0.3) is 0 Å². The molecule has 0 fully saturated rings. The van der Waals surface area contributed by atoms with Crippen LogP contribution in [0.3, 0.4) is 0 Å². The van der Waals surface area contributed by atoms with E-state index in [1.54, 1.807) is 18.2 Å². The lowest BCUT2D eigenvalue weighted by Crippen LogP contribution is -2.48. The van der Waals surface area contributed by atoms with E-state index in [-0.39, 0.29) is 12.8 Å². The van der Waals surface area contributed by atoms with Crippen molar-refractivity contribution >= 4 is 35.0 Å². The Hall–Kier alpha value is -1.30. The molecule has 1 atom stereocenters. The van der Waals surface area contributed by atoms with Crippen LogP contribution in [0.1, 0.15) is 32.3 Å². The van der Waals surface area contributed by atoms with E-state index in [1.165, 1.54) is 7.05 Å². The number of hydrogen-bond acceptors (Lipinski definition) is 3. The van der Waals surface area contributed by atoms with E-state index in [4.69, 9.17) is 23.2 Å². The van der Waals surface area contributed by atoms with Gasteiger partial charge in [0.1, 0.15) is 6.04 Å². The number of rotatable bonds is 7. The van der Waals surface area contributed by atoms with E-state index >= 15 is 0 Å². The molecule has 128 valence electrons. The number of likely N-dealkylation sites (N-methyl/N-ethyl adjacent to an activating group) is 1.